The molecule has 0 amide bonds. The molecule has 0 saturated carbocycles. The van der Waals surface area contributed by atoms with Crippen LogP contribution in [-0.2, 0) is 17.7 Å². The van der Waals surface area contributed by atoms with Crippen molar-refractivity contribution in [2.24, 2.45) is 0 Å². The first kappa shape index (κ1) is 21.0. The highest BCUT2D eigenvalue weighted by atomic mass is 16.5. The van der Waals surface area contributed by atoms with Crippen LogP contribution < -0.4 is 20.4 Å². The third-order valence-electron chi connectivity index (χ3n) is 4.81. The maximum Gasteiger partial charge on any atom is 0.340 e. The first-order chi connectivity index (χ1) is 14.4. The van der Waals surface area contributed by atoms with Crippen LogP contribution in [0.25, 0.3) is 11.0 Å². The van der Waals surface area contributed by atoms with Gasteiger partial charge in [-0.2, -0.15) is 0 Å². The molecule has 2 N–H and O–H groups in total. The average Bonchev–Trinajstić information content (AvgIpc) is 2.75. The summed E-state index contributed by atoms with van der Waals surface area (Å²) in [5.41, 5.74) is 1.85. The van der Waals surface area contributed by atoms with Crippen LogP contribution in [0.1, 0.15) is 28.4 Å². The summed E-state index contributed by atoms with van der Waals surface area (Å²) in [5, 5.41) is 13.9. The molecule has 0 radical (unpaired) electrons. The summed E-state index contributed by atoms with van der Waals surface area (Å²) >= 11 is 0. The van der Waals surface area contributed by atoms with Gasteiger partial charge in [0.1, 0.15) is 11.3 Å². The fourth-order valence-corrected chi connectivity index (χ4v) is 3.23. The first-order valence-corrected chi connectivity index (χ1v) is 9.28. The Labute approximate surface area is 173 Å². The lowest BCUT2D eigenvalue weighted by molar-refractivity contribution is 0.0601. The number of aromatic hydroxyl groups is 1. The Morgan fingerprint density at radius 1 is 1.03 bits per heavy atom. The molecule has 0 unspecified atom stereocenters. The van der Waals surface area contributed by atoms with Crippen molar-refractivity contribution in [1.29, 1.82) is 0 Å². The van der Waals surface area contributed by atoms with Gasteiger partial charge < -0.3 is 29.1 Å². The third kappa shape index (κ3) is 4.03. The van der Waals surface area contributed by atoms with Crippen LogP contribution in [0.5, 0.6) is 17.2 Å². The number of ether oxygens (including phenoxy) is 3. The van der Waals surface area contributed by atoms with E-state index >= 15 is 0 Å². The maximum absolute atomic E-state index is 12.2. The molecule has 158 valence electrons. The van der Waals surface area contributed by atoms with E-state index in [1.165, 1.54) is 39.5 Å². The summed E-state index contributed by atoms with van der Waals surface area (Å²) in [6, 6.07) is 7.76. The molecule has 8 nitrogen and oxygen atoms in total. The molecule has 3 rings (SSSR count). The number of benzene rings is 2. The van der Waals surface area contributed by atoms with Gasteiger partial charge in [0, 0.05) is 36.2 Å². The lowest BCUT2D eigenvalue weighted by Crippen LogP contribution is -2.11. The number of fused-ring (bicyclic) bond motifs is 1. The lowest BCUT2D eigenvalue weighted by atomic mass is 10.0. The van der Waals surface area contributed by atoms with Crippen molar-refractivity contribution in [3.05, 3.63) is 57.4 Å². The summed E-state index contributed by atoms with van der Waals surface area (Å²) in [7, 11) is 4.26. The quantitative estimate of drug-likeness (QED) is 0.448. The fourth-order valence-electron chi connectivity index (χ4n) is 3.23. The van der Waals surface area contributed by atoms with Crippen LogP contribution in [-0.4, -0.2) is 32.4 Å². The van der Waals surface area contributed by atoms with Gasteiger partial charge in [0.25, 0.3) is 0 Å². The second-order valence-electron chi connectivity index (χ2n) is 6.52. The van der Waals surface area contributed by atoms with Crippen molar-refractivity contribution in [1.82, 2.24) is 0 Å². The van der Waals surface area contributed by atoms with Gasteiger partial charge in [-0.15, -0.1) is 0 Å². The summed E-state index contributed by atoms with van der Waals surface area (Å²) in [4.78, 5) is 24.2. The second-order valence-corrected chi connectivity index (χ2v) is 6.52. The number of hydrogen-bond donors (Lipinski definition) is 2. The normalized spacial score (nSPS) is 10.7. The molecule has 2 aromatic carbocycles. The van der Waals surface area contributed by atoms with Crippen molar-refractivity contribution in [2.75, 3.05) is 26.6 Å². The Balaban J connectivity index is 2.05. The van der Waals surface area contributed by atoms with Crippen LogP contribution in [0, 0.1) is 0 Å². The number of rotatable bonds is 7. The van der Waals surface area contributed by atoms with E-state index in [9.17, 15) is 14.7 Å². The van der Waals surface area contributed by atoms with E-state index < -0.39 is 11.6 Å². The highest BCUT2D eigenvalue weighted by Gasteiger charge is 2.18. The highest BCUT2D eigenvalue weighted by molar-refractivity contribution is 5.97. The summed E-state index contributed by atoms with van der Waals surface area (Å²) in [6.45, 7) is 2.14. The Morgan fingerprint density at radius 2 is 1.73 bits per heavy atom. The largest absolute Gasteiger partial charge is 0.508 e. The van der Waals surface area contributed by atoms with Crippen LogP contribution in [0.15, 0.2) is 39.5 Å². The van der Waals surface area contributed by atoms with Crippen LogP contribution in [0.4, 0.5) is 5.69 Å². The molecule has 0 aliphatic rings. The molecule has 30 heavy (non-hydrogen) atoms. The van der Waals surface area contributed by atoms with E-state index in [1.54, 1.807) is 12.1 Å². The monoisotopic (exact) mass is 413 g/mol. The fraction of sp³-hybridized carbons (Fsp3) is 0.273. The van der Waals surface area contributed by atoms with Gasteiger partial charge in [-0.05, 0) is 23.6 Å². The Hall–Kier alpha value is -3.68. The zero-order valence-electron chi connectivity index (χ0n) is 17.2. The standard InChI is InChI=1S/C22H23NO7/c1-5-12-6-14-13(7-21(25)30-18(14)10-17(12)24)11-23-16-9-20(28-3)19(27-2)8-15(16)22(26)29-4/h6-10,23-24H,5,11H2,1-4H3. The predicted molar refractivity (Wildman–Crippen MR) is 112 cm³/mol. The number of phenols is 1. The van der Waals surface area contributed by atoms with Gasteiger partial charge in [-0.25, -0.2) is 9.59 Å². The number of aryl methyl sites for hydroxylation is 1. The molecule has 0 spiro atoms. The Bertz CT molecular complexity index is 1150. The van der Waals surface area contributed by atoms with Gasteiger partial charge in [-0.1, -0.05) is 6.92 Å². The van der Waals surface area contributed by atoms with E-state index in [2.05, 4.69) is 5.32 Å². The molecular formula is C22H23NO7. The Morgan fingerprint density at radius 3 is 2.37 bits per heavy atom. The van der Waals surface area contributed by atoms with Gasteiger partial charge in [0.15, 0.2) is 11.5 Å². The van der Waals surface area contributed by atoms with Crippen molar-refractivity contribution in [3.8, 4) is 17.2 Å². The van der Waals surface area contributed by atoms with Gasteiger partial charge in [0.05, 0.1) is 32.6 Å². The molecule has 0 aliphatic heterocycles. The van der Waals surface area contributed by atoms with Crippen LogP contribution in [0.3, 0.4) is 0 Å². The van der Waals surface area contributed by atoms with Crippen LogP contribution in [0.2, 0.25) is 0 Å². The zero-order valence-corrected chi connectivity index (χ0v) is 17.2. The number of phenolic OH excluding ortho intramolecular Hbond substituents is 1. The summed E-state index contributed by atoms with van der Waals surface area (Å²) in [6.07, 6.45) is 0.621. The number of esters is 1. The molecule has 1 aromatic heterocycles. The number of carbonyl (C=O) groups excluding carboxylic acids is 1. The minimum atomic E-state index is -0.547. The van der Waals surface area contributed by atoms with E-state index in [0.29, 0.717) is 34.6 Å². The summed E-state index contributed by atoms with van der Waals surface area (Å²) < 4.78 is 20.7. The molecule has 3 aromatic rings. The van der Waals surface area contributed by atoms with Crippen molar-refractivity contribution in [3.63, 3.8) is 0 Å². The molecule has 0 saturated heterocycles. The SMILES string of the molecule is CCc1cc2c(CNc3cc(OC)c(OC)cc3C(=O)OC)cc(=O)oc2cc1O. The molecule has 8 heteroatoms. The molecule has 0 bridgehead atoms. The van der Waals surface area contributed by atoms with Crippen LogP contribution >= 0.6 is 0 Å². The van der Waals surface area contributed by atoms with E-state index in [-0.39, 0.29) is 23.4 Å². The number of nitrogens with one attached hydrogen (secondary N) is 1. The lowest BCUT2D eigenvalue weighted by Gasteiger charge is -2.16. The third-order valence-corrected chi connectivity index (χ3v) is 4.81. The predicted octanol–water partition coefficient (Wildman–Crippen LogP) is 3.48. The van der Waals surface area contributed by atoms with Crippen molar-refractivity contribution in [2.45, 2.75) is 19.9 Å². The smallest absolute Gasteiger partial charge is 0.340 e. The number of methoxy groups -OCH3 is 3. The molecular weight excluding hydrogens is 390 g/mol. The molecule has 0 atom stereocenters. The minimum Gasteiger partial charge on any atom is -0.508 e. The van der Waals surface area contributed by atoms with Crippen molar-refractivity contribution < 1.29 is 28.5 Å². The molecule has 0 aliphatic carbocycles. The molecule has 0 fully saturated rings. The number of anilines is 1. The highest BCUT2D eigenvalue weighted by Crippen LogP contribution is 2.34. The zero-order chi connectivity index (χ0) is 21.8. The minimum absolute atomic E-state index is 0.0751. The second kappa shape index (κ2) is 8.77. The van der Waals surface area contributed by atoms with Gasteiger partial charge in [0.2, 0.25) is 0 Å². The van der Waals surface area contributed by atoms with E-state index in [0.717, 1.165) is 5.56 Å². The summed E-state index contributed by atoms with van der Waals surface area (Å²) in [5.74, 6) is 0.348. The number of carbonyl (C=O) groups is 1. The van der Waals surface area contributed by atoms with E-state index in [4.69, 9.17) is 18.6 Å². The number of hydrogen-bond acceptors (Lipinski definition) is 8. The van der Waals surface area contributed by atoms with Gasteiger partial charge >= 0.3 is 11.6 Å². The topological polar surface area (TPSA) is 107 Å². The van der Waals surface area contributed by atoms with Gasteiger partial charge in [-0.3, -0.25) is 0 Å². The molecule has 1 heterocycles. The first-order valence-electron chi connectivity index (χ1n) is 9.28. The van der Waals surface area contributed by atoms with E-state index in [1.807, 2.05) is 6.92 Å². The maximum atomic E-state index is 12.2. The Kier molecular flexibility index (Phi) is 6.15. The van der Waals surface area contributed by atoms with Crippen molar-refractivity contribution >= 4 is 22.6 Å². The average molecular weight is 413 g/mol.